The van der Waals surface area contributed by atoms with Crippen molar-refractivity contribution >= 4 is 0 Å². The number of benzene rings is 1. The Morgan fingerprint density at radius 1 is 1.48 bits per heavy atom. The monoisotopic (exact) mass is 292 g/mol. The molecule has 0 aliphatic carbocycles. The molecule has 0 saturated carbocycles. The van der Waals surface area contributed by atoms with E-state index in [1.54, 1.807) is 13.2 Å². The number of aromatic hydroxyl groups is 1. The first-order valence-electron chi connectivity index (χ1n) is 7.69. The highest BCUT2D eigenvalue weighted by atomic mass is 16.5. The number of fused-ring (bicyclic) bond motifs is 1. The molecule has 2 aliphatic heterocycles. The Bertz CT molecular complexity index is 481. The molecule has 2 saturated heterocycles. The van der Waals surface area contributed by atoms with Gasteiger partial charge in [-0.2, -0.15) is 0 Å². The van der Waals surface area contributed by atoms with Crippen LogP contribution in [-0.2, 0) is 11.3 Å². The van der Waals surface area contributed by atoms with Gasteiger partial charge >= 0.3 is 0 Å². The Balaban J connectivity index is 1.48. The van der Waals surface area contributed by atoms with E-state index in [1.807, 2.05) is 12.1 Å². The van der Waals surface area contributed by atoms with Crippen molar-refractivity contribution in [2.45, 2.75) is 31.5 Å². The van der Waals surface area contributed by atoms with Gasteiger partial charge in [-0.3, -0.25) is 4.90 Å². The molecule has 0 bridgehead atoms. The minimum absolute atomic E-state index is 0.219. The van der Waals surface area contributed by atoms with Crippen molar-refractivity contribution in [3.63, 3.8) is 0 Å². The van der Waals surface area contributed by atoms with Gasteiger partial charge in [-0.25, -0.2) is 0 Å². The first kappa shape index (κ1) is 14.6. The first-order chi connectivity index (χ1) is 10.3. The van der Waals surface area contributed by atoms with Crippen LogP contribution in [0, 0.1) is 0 Å². The molecule has 0 spiro atoms. The first-order valence-corrected chi connectivity index (χ1v) is 7.69. The predicted molar refractivity (Wildman–Crippen MR) is 80.7 cm³/mol. The van der Waals surface area contributed by atoms with Gasteiger partial charge in [0.05, 0.1) is 19.8 Å². The Hall–Kier alpha value is -1.30. The average molecular weight is 292 g/mol. The highest BCUT2D eigenvalue weighted by Gasteiger charge is 2.31. The van der Waals surface area contributed by atoms with Crippen LogP contribution in [0.15, 0.2) is 18.2 Å². The summed E-state index contributed by atoms with van der Waals surface area (Å²) in [4.78, 5) is 2.54. The molecule has 2 N–H and O–H groups in total. The summed E-state index contributed by atoms with van der Waals surface area (Å²) < 4.78 is 11.0. The molecule has 2 heterocycles. The summed E-state index contributed by atoms with van der Waals surface area (Å²) in [5.41, 5.74) is 0.851. The molecule has 2 fully saturated rings. The maximum absolute atomic E-state index is 10.0. The molecular formula is C16H24N2O3. The summed E-state index contributed by atoms with van der Waals surface area (Å²) in [6, 6.07) is 6.20. The fourth-order valence-corrected chi connectivity index (χ4v) is 3.25. The maximum atomic E-state index is 10.0. The fourth-order valence-electron chi connectivity index (χ4n) is 3.25. The van der Waals surface area contributed by atoms with Crippen molar-refractivity contribution in [1.82, 2.24) is 10.2 Å². The molecule has 2 atom stereocenters. The maximum Gasteiger partial charge on any atom is 0.162 e. The highest BCUT2D eigenvalue weighted by Crippen LogP contribution is 2.29. The minimum atomic E-state index is 0.219. The number of phenolic OH excluding ortho intramolecular Hbond substituents is 1. The van der Waals surface area contributed by atoms with Crippen molar-refractivity contribution in [3.05, 3.63) is 23.8 Å². The summed E-state index contributed by atoms with van der Waals surface area (Å²) in [7, 11) is 1.56. The van der Waals surface area contributed by atoms with Gasteiger partial charge in [0, 0.05) is 31.2 Å². The molecule has 1 aromatic carbocycles. The smallest absolute Gasteiger partial charge is 0.162 e. The van der Waals surface area contributed by atoms with Crippen molar-refractivity contribution in [2.24, 2.45) is 0 Å². The number of nitrogens with one attached hydrogen (secondary N) is 1. The Morgan fingerprint density at radius 3 is 3.24 bits per heavy atom. The van der Waals surface area contributed by atoms with Crippen LogP contribution in [0.1, 0.15) is 18.4 Å². The van der Waals surface area contributed by atoms with E-state index < -0.39 is 0 Å². The number of morpholine rings is 1. The lowest BCUT2D eigenvalue weighted by Gasteiger charge is -2.35. The van der Waals surface area contributed by atoms with Crippen molar-refractivity contribution < 1.29 is 14.6 Å². The largest absolute Gasteiger partial charge is 0.504 e. The van der Waals surface area contributed by atoms with Gasteiger partial charge in [0.2, 0.25) is 0 Å². The highest BCUT2D eigenvalue weighted by molar-refractivity contribution is 5.45. The quantitative estimate of drug-likeness (QED) is 0.858. The molecule has 116 valence electrons. The topological polar surface area (TPSA) is 54.0 Å². The number of rotatable bonds is 5. The Labute approximate surface area is 125 Å². The van der Waals surface area contributed by atoms with Crippen LogP contribution >= 0.6 is 0 Å². The lowest BCUT2D eigenvalue weighted by Crippen LogP contribution is -2.49. The molecular weight excluding hydrogens is 268 g/mol. The van der Waals surface area contributed by atoms with E-state index in [9.17, 15) is 5.11 Å². The third-order valence-electron chi connectivity index (χ3n) is 4.45. The van der Waals surface area contributed by atoms with Gasteiger partial charge in [-0.05, 0) is 25.5 Å². The van der Waals surface area contributed by atoms with Crippen LogP contribution in [-0.4, -0.2) is 55.5 Å². The fraction of sp³-hybridized carbons (Fsp3) is 0.625. The van der Waals surface area contributed by atoms with Crippen molar-refractivity contribution in [1.29, 1.82) is 0 Å². The van der Waals surface area contributed by atoms with E-state index in [0.29, 0.717) is 18.3 Å². The molecule has 0 amide bonds. The van der Waals surface area contributed by atoms with E-state index in [1.165, 1.54) is 19.4 Å². The van der Waals surface area contributed by atoms with Gasteiger partial charge in [-0.1, -0.05) is 12.1 Å². The third-order valence-corrected chi connectivity index (χ3v) is 4.45. The standard InChI is InChI=1S/C16H24N2O3/c1-20-15-6-2-4-12(16(15)19)8-17-9-14-10-18-7-3-5-13(18)11-21-14/h2,4,6,13-14,17,19H,3,5,7-11H2,1H3. The zero-order valence-corrected chi connectivity index (χ0v) is 12.5. The molecule has 2 unspecified atom stereocenters. The van der Waals surface area contributed by atoms with Crippen LogP contribution in [0.2, 0.25) is 0 Å². The lowest BCUT2D eigenvalue weighted by atomic mass is 10.1. The predicted octanol–water partition coefficient (Wildman–Crippen LogP) is 1.35. The second kappa shape index (κ2) is 6.64. The summed E-state index contributed by atoms with van der Waals surface area (Å²) in [6.45, 7) is 4.51. The van der Waals surface area contributed by atoms with E-state index >= 15 is 0 Å². The van der Waals surface area contributed by atoms with Crippen LogP contribution in [0.3, 0.4) is 0 Å². The normalized spacial score (nSPS) is 25.8. The summed E-state index contributed by atoms with van der Waals surface area (Å²) in [5, 5.41) is 13.4. The average Bonchev–Trinajstić information content (AvgIpc) is 2.96. The van der Waals surface area contributed by atoms with Gasteiger partial charge < -0.3 is 19.9 Å². The molecule has 0 aromatic heterocycles. The van der Waals surface area contributed by atoms with Crippen LogP contribution in [0.5, 0.6) is 11.5 Å². The van der Waals surface area contributed by atoms with Crippen molar-refractivity contribution in [2.75, 3.05) is 33.4 Å². The third kappa shape index (κ3) is 3.31. The lowest BCUT2D eigenvalue weighted by molar-refractivity contribution is -0.0470. The number of para-hydroxylation sites is 1. The number of ether oxygens (including phenoxy) is 2. The number of hydrogen-bond acceptors (Lipinski definition) is 5. The van der Waals surface area contributed by atoms with E-state index in [0.717, 1.165) is 25.3 Å². The van der Waals surface area contributed by atoms with Gasteiger partial charge in [-0.15, -0.1) is 0 Å². The van der Waals surface area contributed by atoms with E-state index in [-0.39, 0.29) is 11.9 Å². The van der Waals surface area contributed by atoms with Crippen LogP contribution in [0.25, 0.3) is 0 Å². The van der Waals surface area contributed by atoms with E-state index in [2.05, 4.69) is 10.2 Å². The molecule has 1 aromatic rings. The number of hydrogen-bond donors (Lipinski definition) is 2. The number of phenols is 1. The van der Waals surface area contributed by atoms with E-state index in [4.69, 9.17) is 9.47 Å². The number of nitrogens with zero attached hydrogens (tertiary/aromatic N) is 1. The van der Waals surface area contributed by atoms with Crippen molar-refractivity contribution in [3.8, 4) is 11.5 Å². The van der Waals surface area contributed by atoms with Gasteiger partial charge in [0.25, 0.3) is 0 Å². The zero-order valence-electron chi connectivity index (χ0n) is 12.5. The SMILES string of the molecule is COc1cccc(CNCC2CN3CCCC3CO2)c1O. The van der Waals surface area contributed by atoms with Gasteiger partial charge in [0.15, 0.2) is 11.5 Å². The summed E-state index contributed by atoms with van der Waals surface area (Å²) in [5.74, 6) is 0.736. The Kier molecular flexibility index (Phi) is 4.63. The van der Waals surface area contributed by atoms with Gasteiger partial charge in [0.1, 0.15) is 0 Å². The molecule has 3 rings (SSSR count). The molecule has 2 aliphatic rings. The van der Waals surface area contributed by atoms with Crippen LogP contribution < -0.4 is 10.1 Å². The second-order valence-electron chi connectivity index (χ2n) is 5.85. The summed E-state index contributed by atoms with van der Waals surface area (Å²) >= 11 is 0. The zero-order chi connectivity index (χ0) is 14.7. The molecule has 5 nitrogen and oxygen atoms in total. The molecule has 5 heteroatoms. The van der Waals surface area contributed by atoms with Crippen LogP contribution in [0.4, 0.5) is 0 Å². The number of methoxy groups -OCH3 is 1. The summed E-state index contributed by atoms with van der Waals surface area (Å²) in [6.07, 6.45) is 2.82. The second-order valence-corrected chi connectivity index (χ2v) is 5.85. The Morgan fingerprint density at radius 2 is 2.38 bits per heavy atom. The minimum Gasteiger partial charge on any atom is -0.504 e. The molecule has 0 radical (unpaired) electrons. The molecule has 21 heavy (non-hydrogen) atoms.